The molecule has 0 saturated carbocycles. The van der Waals surface area contributed by atoms with Gasteiger partial charge in [-0.3, -0.25) is 9.97 Å². The van der Waals surface area contributed by atoms with E-state index in [4.69, 9.17) is 0 Å². The molecule has 0 aliphatic rings. The van der Waals surface area contributed by atoms with Gasteiger partial charge in [-0.05, 0) is 39.7 Å². The van der Waals surface area contributed by atoms with Crippen LogP contribution in [0.2, 0.25) is 0 Å². The molecule has 2 nitrogen and oxygen atoms in total. The molecule has 2 heterocycles. The number of hydrogen-bond donors (Lipinski definition) is 0. The Balaban J connectivity index is 2.19. The first-order valence-corrected chi connectivity index (χ1v) is 5.87. The summed E-state index contributed by atoms with van der Waals surface area (Å²) in [5, 5.41) is 0. The third-order valence-electron chi connectivity index (χ3n) is 2.32. The second kappa shape index (κ2) is 5.06. The first kappa shape index (κ1) is 13.0. The third-order valence-corrected chi connectivity index (χ3v) is 3.04. The van der Waals surface area contributed by atoms with Gasteiger partial charge < -0.3 is 0 Å². The van der Waals surface area contributed by atoms with Gasteiger partial charge in [-0.1, -0.05) is 6.07 Å². The van der Waals surface area contributed by atoms with Gasteiger partial charge in [-0.2, -0.15) is 13.2 Å². The Kier molecular flexibility index (Phi) is 3.65. The lowest BCUT2D eigenvalue weighted by Crippen LogP contribution is -2.07. The van der Waals surface area contributed by atoms with E-state index in [1.165, 1.54) is 12.3 Å². The molecule has 0 unspecified atom stereocenters. The van der Waals surface area contributed by atoms with Gasteiger partial charge in [0.2, 0.25) is 0 Å². The van der Waals surface area contributed by atoms with Crippen LogP contribution in [0.5, 0.6) is 0 Å². The SMILES string of the molecule is FC(F)(F)c1ccc(Cc2ncccc2Br)cn1. The van der Waals surface area contributed by atoms with Crippen LogP contribution in [0.3, 0.4) is 0 Å². The Hall–Kier alpha value is -1.43. The van der Waals surface area contributed by atoms with E-state index >= 15 is 0 Å². The maximum absolute atomic E-state index is 12.3. The molecule has 0 aromatic carbocycles. The Labute approximate surface area is 110 Å². The Morgan fingerprint density at radius 2 is 1.89 bits per heavy atom. The van der Waals surface area contributed by atoms with Gasteiger partial charge in [0.1, 0.15) is 5.69 Å². The lowest BCUT2D eigenvalue weighted by Gasteiger charge is -2.07. The van der Waals surface area contributed by atoms with Crippen molar-refractivity contribution in [3.63, 3.8) is 0 Å². The largest absolute Gasteiger partial charge is 0.433 e. The zero-order valence-corrected chi connectivity index (χ0v) is 10.7. The summed E-state index contributed by atoms with van der Waals surface area (Å²) in [6, 6.07) is 6.00. The molecule has 6 heteroatoms. The van der Waals surface area contributed by atoms with Crippen molar-refractivity contribution in [1.29, 1.82) is 0 Å². The molecule has 0 aliphatic heterocycles. The van der Waals surface area contributed by atoms with Crippen molar-refractivity contribution in [3.8, 4) is 0 Å². The van der Waals surface area contributed by atoms with Gasteiger partial charge in [0.15, 0.2) is 0 Å². The third kappa shape index (κ3) is 3.07. The summed E-state index contributed by atoms with van der Waals surface area (Å²) in [6.07, 6.45) is -1.10. The van der Waals surface area contributed by atoms with Crippen LogP contribution >= 0.6 is 15.9 Å². The first-order valence-electron chi connectivity index (χ1n) is 5.08. The smallest absolute Gasteiger partial charge is 0.260 e. The molecular weight excluding hydrogens is 309 g/mol. The van der Waals surface area contributed by atoms with E-state index in [9.17, 15) is 13.2 Å². The molecule has 0 N–H and O–H groups in total. The van der Waals surface area contributed by atoms with Gasteiger partial charge in [0, 0.05) is 23.3 Å². The number of rotatable bonds is 2. The van der Waals surface area contributed by atoms with Gasteiger partial charge in [0.25, 0.3) is 0 Å². The molecule has 0 spiro atoms. The molecular formula is C12H8BrF3N2. The monoisotopic (exact) mass is 316 g/mol. The molecule has 2 aromatic rings. The van der Waals surface area contributed by atoms with Crippen molar-refractivity contribution in [2.24, 2.45) is 0 Å². The topological polar surface area (TPSA) is 25.8 Å². The maximum atomic E-state index is 12.3. The van der Waals surface area contributed by atoms with Crippen LogP contribution in [0.4, 0.5) is 13.2 Å². The zero-order chi connectivity index (χ0) is 13.2. The predicted octanol–water partition coefficient (Wildman–Crippen LogP) is 3.85. The van der Waals surface area contributed by atoms with Crippen molar-refractivity contribution in [3.05, 3.63) is 58.1 Å². The molecule has 2 aromatic heterocycles. The summed E-state index contributed by atoms with van der Waals surface area (Å²) < 4.78 is 37.8. The highest BCUT2D eigenvalue weighted by Crippen LogP contribution is 2.27. The van der Waals surface area contributed by atoms with Crippen molar-refractivity contribution in [1.82, 2.24) is 9.97 Å². The fourth-order valence-corrected chi connectivity index (χ4v) is 1.83. The lowest BCUT2D eigenvalue weighted by atomic mass is 10.1. The van der Waals surface area contributed by atoms with Crippen LogP contribution in [0.25, 0.3) is 0 Å². The van der Waals surface area contributed by atoms with Crippen LogP contribution in [0.1, 0.15) is 17.0 Å². The summed E-state index contributed by atoms with van der Waals surface area (Å²) >= 11 is 3.34. The van der Waals surface area contributed by atoms with Crippen molar-refractivity contribution >= 4 is 15.9 Å². The summed E-state index contributed by atoms with van der Waals surface area (Å²) in [6.45, 7) is 0. The Morgan fingerprint density at radius 1 is 1.11 bits per heavy atom. The molecule has 18 heavy (non-hydrogen) atoms. The van der Waals surface area contributed by atoms with Crippen molar-refractivity contribution < 1.29 is 13.2 Å². The summed E-state index contributed by atoms with van der Waals surface area (Å²) in [7, 11) is 0. The van der Waals surface area contributed by atoms with Crippen LogP contribution in [0.15, 0.2) is 41.1 Å². The number of alkyl halides is 3. The standard InChI is InChI=1S/C12H8BrF3N2/c13-9-2-1-5-17-10(9)6-8-3-4-11(18-7-8)12(14,15)16/h1-5,7H,6H2. The van der Waals surface area contributed by atoms with E-state index in [2.05, 4.69) is 25.9 Å². The van der Waals surface area contributed by atoms with Gasteiger partial charge in [-0.15, -0.1) is 0 Å². The van der Waals surface area contributed by atoms with Crippen LogP contribution in [-0.4, -0.2) is 9.97 Å². The second-order valence-corrected chi connectivity index (χ2v) is 4.51. The molecule has 94 valence electrons. The van der Waals surface area contributed by atoms with Crippen LogP contribution in [0, 0.1) is 0 Å². The highest BCUT2D eigenvalue weighted by Gasteiger charge is 2.31. The summed E-state index contributed by atoms with van der Waals surface area (Å²) in [4.78, 5) is 7.56. The molecule has 0 fully saturated rings. The van der Waals surface area contributed by atoms with E-state index in [0.29, 0.717) is 12.0 Å². The number of pyridine rings is 2. The molecule has 0 atom stereocenters. The van der Waals surface area contributed by atoms with E-state index < -0.39 is 11.9 Å². The summed E-state index contributed by atoms with van der Waals surface area (Å²) in [5.74, 6) is 0. The minimum Gasteiger partial charge on any atom is -0.260 e. The lowest BCUT2D eigenvalue weighted by molar-refractivity contribution is -0.141. The van der Waals surface area contributed by atoms with Gasteiger partial charge in [-0.25, -0.2) is 0 Å². The Morgan fingerprint density at radius 3 is 2.44 bits per heavy atom. The molecule has 0 radical (unpaired) electrons. The highest BCUT2D eigenvalue weighted by molar-refractivity contribution is 9.10. The van der Waals surface area contributed by atoms with Crippen molar-refractivity contribution in [2.45, 2.75) is 12.6 Å². The van der Waals surface area contributed by atoms with Crippen LogP contribution in [-0.2, 0) is 12.6 Å². The van der Waals surface area contributed by atoms with Crippen molar-refractivity contribution in [2.75, 3.05) is 0 Å². The van der Waals surface area contributed by atoms with E-state index in [0.717, 1.165) is 16.2 Å². The Bertz CT molecular complexity index is 538. The number of nitrogens with zero attached hydrogens (tertiary/aromatic N) is 2. The fraction of sp³-hybridized carbons (Fsp3) is 0.167. The quantitative estimate of drug-likeness (QED) is 0.841. The van der Waals surface area contributed by atoms with E-state index in [1.54, 1.807) is 12.3 Å². The maximum Gasteiger partial charge on any atom is 0.433 e. The number of aromatic nitrogens is 2. The predicted molar refractivity (Wildman–Crippen MR) is 64.0 cm³/mol. The van der Waals surface area contributed by atoms with Gasteiger partial charge >= 0.3 is 6.18 Å². The molecule has 0 amide bonds. The fourth-order valence-electron chi connectivity index (χ4n) is 1.44. The average molecular weight is 317 g/mol. The minimum absolute atomic E-state index is 0.437. The summed E-state index contributed by atoms with van der Waals surface area (Å²) in [5.41, 5.74) is 0.563. The van der Waals surface area contributed by atoms with Gasteiger partial charge in [0.05, 0.1) is 5.69 Å². The molecule has 2 rings (SSSR count). The normalized spacial score (nSPS) is 11.6. The zero-order valence-electron chi connectivity index (χ0n) is 9.08. The highest BCUT2D eigenvalue weighted by atomic mass is 79.9. The molecule has 0 bridgehead atoms. The number of hydrogen-bond acceptors (Lipinski definition) is 2. The average Bonchev–Trinajstić information content (AvgIpc) is 2.32. The second-order valence-electron chi connectivity index (χ2n) is 3.66. The van der Waals surface area contributed by atoms with E-state index in [-0.39, 0.29) is 0 Å². The first-order chi connectivity index (χ1) is 8.47. The molecule has 0 aliphatic carbocycles. The minimum atomic E-state index is -4.40. The van der Waals surface area contributed by atoms with Crippen LogP contribution < -0.4 is 0 Å². The number of halogens is 4. The molecule has 0 saturated heterocycles. The van der Waals surface area contributed by atoms with E-state index in [1.807, 2.05) is 6.07 Å².